The molecule has 20 heavy (non-hydrogen) atoms. The number of ketones is 1. The minimum atomic E-state index is -0.524. The SMILES string of the molecule is CC1(C(=O)c2cc3c(cc2F)NC(=O)CC3)CCCC1. The van der Waals surface area contributed by atoms with E-state index >= 15 is 0 Å². The summed E-state index contributed by atoms with van der Waals surface area (Å²) in [6.07, 6.45) is 4.69. The number of carbonyl (C=O) groups is 2. The van der Waals surface area contributed by atoms with E-state index in [9.17, 15) is 14.0 Å². The first kappa shape index (κ1) is 13.3. The number of carbonyl (C=O) groups excluding carboxylic acids is 2. The van der Waals surface area contributed by atoms with Gasteiger partial charge in [0.25, 0.3) is 0 Å². The van der Waals surface area contributed by atoms with Crippen molar-refractivity contribution in [3.05, 3.63) is 29.1 Å². The van der Waals surface area contributed by atoms with Gasteiger partial charge >= 0.3 is 0 Å². The summed E-state index contributed by atoms with van der Waals surface area (Å²) in [7, 11) is 0. The molecule has 0 atom stereocenters. The lowest BCUT2D eigenvalue weighted by Gasteiger charge is -2.24. The number of fused-ring (bicyclic) bond motifs is 1. The summed E-state index contributed by atoms with van der Waals surface area (Å²) in [4.78, 5) is 23.9. The minimum Gasteiger partial charge on any atom is -0.326 e. The zero-order valence-electron chi connectivity index (χ0n) is 11.6. The number of hydrogen-bond donors (Lipinski definition) is 1. The standard InChI is InChI=1S/C16H18FNO2/c1-16(6-2-3-7-16)15(20)11-8-10-4-5-14(19)18-13(10)9-12(11)17/h8-9H,2-7H2,1H3,(H,18,19). The van der Waals surface area contributed by atoms with Crippen molar-refractivity contribution in [1.29, 1.82) is 0 Å². The molecular formula is C16H18FNO2. The van der Waals surface area contributed by atoms with Crippen LogP contribution in [0.15, 0.2) is 12.1 Å². The molecule has 1 aliphatic heterocycles. The van der Waals surface area contributed by atoms with Crippen LogP contribution in [-0.4, -0.2) is 11.7 Å². The summed E-state index contributed by atoms with van der Waals surface area (Å²) < 4.78 is 14.2. The molecule has 0 unspecified atom stereocenters. The Morgan fingerprint density at radius 1 is 1.25 bits per heavy atom. The molecule has 0 bridgehead atoms. The maximum absolute atomic E-state index is 14.2. The first-order valence-corrected chi connectivity index (χ1v) is 7.17. The Kier molecular flexibility index (Phi) is 3.11. The maximum Gasteiger partial charge on any atom is 0.224 e. The smallest absolute Gasteiger partial charge is 0.224 e. The Morgan fingerprint density at radius 3 is 2.65 bits per heavy atom. The van der Waals surface area contributed by atoms with Crippen molar-refractivity contribution in [3.8, 4) is 0 Å². The van der Waals surface area contributed by atoms with Gasteiger partial charge < -0.3 is 5.32 Å². The second-order valence-electron chi connectivity index (χ2n) is 6.13. The third kappa shape index (κ3) is 2.13. The van der Waals surface area contributed by atoms with Crippen molar-refractivity contribution in [1.82, 2.24) is 0 Å². The summed E-state index contributed by atoms with van der Waals surface area (Å²) in [6, 6.07) is 2.92. The van der Waals surface area contributed by atoms with Gasteiger partial charge in [-0.1, -0.05) is 19.8 Å². The highest BCUT2D eigenvalue weighted by molar-refractivity contribution is 6.02. The van der Waals surface area contributed by atoms with Crippen LogP contribution >= 0.6 is 0 Å². The molecule has 1 saturated carbocycles. The summed E-state index contributed by atoms with van der Waals surface area (Å²) in [5, 5.41) is 2.66. The number of Topliss-reactive ketones (excluding diaryl/α,β-unsaturated/α-hetero) is 1. The fourth-order valence-electron chi connectivity index (χ4n) is 3.28. The van der Waals surface area contributed by atoms with E-state index in [0.717, 1.165) is 31.2 Å². The van der Waals surface area contributed by atoms with Gasteiger partial charge in [0.1, 0.15) is 5.82 Å². The first-order chi connectivity index (χ1) is 9.49. The van der Waals surface area contributed by atoms with Crippen LogP contribution in [0.3, 0.4) is 0 Å². The quantitative estimate of drug-likeness (QED) is 0.840. The molecule has 0 radical (unpaired) electrons. The Labute approximate surface area is 117 Å². The number of halogens is 1. The lowest BCUT2D eigenvalue weighted by molar-refractivity contribution is -0.116. The number of rotatable bonds is 2. The van der Waals surface area contributed by atoms with Crippen LogP contribution in [0.25, 0.3) is 0 Å². The highest BCUT2D eigenvalue weighted by Gasteiger charge is 2.38. The molecule has 0 aromatic heterocycles. The predicted octanol–water partition coefficient (Wildman–Crippen LogP) is 3.47. The van der Waals surface area contributed by atoms with Gasteiger partial charge in [0.15, 0.2) is 5.78 Å². The van der Waals surface area contributed by atoms with Gasteiger partial charge in [-0.25, -0.2) is 4.39 Å². The number of anilines is 1. The van der Waals surface area contributed by atoms with Crippen LogP contribution in [0.4, 0.5) is 10.1 Å². The van der Waals surface area contributed by atoms with E-state index in [1.807, 2.05) is 6.92 Å². The summed E-state index contributed by atoms with van der Waals surface area (Å²) >= 11 is 0. The number of nitrogens with one attached hydrogen (secondary N) is 1. The van der Waals surface area contributed by atoms with Crippen LogP contribution in [0.5, 0.6) is 0 Å². The highest BCUT2D eigenvalue weighted by atomic mass is 19.1. The molecule has 0 saturated heterocycles. The van der Waals surface area contributed by atoms with Crippen molar-refractivity contribution < 1.29 is 14.0 Å². The Bertz CT molecular complexity index is 588. The molecule has 106 valence electrons. The molecule has 3 rings (SSSR count). The van der Waals surface area contributed by atoms with Gasteiger partial charge in [-0.3, -0.25) is 9.59 Å². The zero-order chi connectivity index (χ0) is 14.3. The molecule has 1 fully saturated rings. The van der Waals surface area contributed by atoms with Gasteiger partial charge in [0, 0.05) is 17.5 Å². The molecule has 4 heteroatoms. The molecule has 1 N–H and O–H groups in total. The largest absolute Gasteiger partial charge is 0.326 e. The van der Waals surface area contributed by atoms with E-state index in [1.54, 1.807) is 6.07 Å². The monoisotopic (exact) mass is 275 g/mol. The average molecular weight is 275 g/mol. The molecule has 1 aliphatic carbocycles. The van der Waals surface area contributed by atoms with Crippen molar-refractivity contribution in [2.75, 3.05) is 5.32 Å². The van der Waals surface area contributed by atoms with E-state index in [2.05, 4.69) is 5.32 Å². The van der Waals surface area contributed by atoms with Crippen LogP contribution in [0.1, 0.15) is 54.9 Å². The zero-order valence-corrected chi connectivity index (χ0v) is 11.6. The molecule has 1 aromatic carbocycles. The van der Waals surface area contributed by atoms with Gasteiger partial charge in [-0.05, 0) is 37.0 Å². The molecule has 2 aliphatic rings. The molecular weight excluding hydrogens is 257 g/mol. The minimum absolute atomic E-state index is 0.0906. The van der Waals surface area contributed by atoms with E-state index in [4.69, 9.17) is 0 Å². The van der Waals surface area contributed by atoms with E-state index in [-0.39, 0.29) is 17.3 Å². The van der Waals surface area contributed by atoms with Crippen LogP contribution < -0.4 is 5.32 Å². The fourth-order valence-corrected chi connectivity index (χ4v) is 3.28. The number of amides is 1. The van der Waals surface area contributed by atoms with E-state index < -0.39 is 11.2 Å². The maximum atomic E-state index is 14.2. The molecule has 3 nitrogen and oxygen atoms in total. The number of hydrogen-bond acceptors (Lipinski definition) is 2. The topological polar surface area (TPSA) is 46.2 Å². The van der Waals surface area contributed by atoms with Gasteiger partial charge in [-0.2, -0.15) is 0 Å². The van der Waals surface area contributed by atoms with Crippen LogP contribution in [0, 0.1) is 11.2 Å². The van der Waals surface area contributed by atoms with E-state index in [1.165, 1.54) is 6.07 Å². The van der Waals surface area contributed by atoms with Gasteiger partial charge in [-0.15, -0.1) is 0 Å². The van der Waals surface area contributed by atoms with Gasteiger partial charge in [0.2, 0.25) is 5.91 Å². The molecule has 1 amide bonds. The Morgan fingerprint density at radius 2 is 1.95 bits per heavy atom. The fraction of sp³-hybridized carbons (Fsp3) is 0.500. The molecule has 1 heterocycles. The normalized spacial score (nSPS) is 20.4. The van der Waals surface area contributed by atoms with Crippen molar-refractivity contribution in [3.63, 3.8) is 0 Å². The average Bonchev–Trinajstić information content (AvgIpc) is 2.85. The van der Waals surface area contributed by atoms with Crippen LogP contribution in [0.2, 0.25) is 0 Å². The third-order valence-electron chi connectivity index (χ3n) is 4.59. The van der Waals surface area contributed by atoms with Crippen LogP contribution in [-0.2, 0) is 11.2 Å². The second-order valence-corrected chi connectivity index (χ2v) is 6.13. The number of aryl methyl sites for hydroxylation is 1. The number of benzene rings is 1. The van der Waals surface area contributed by atoms with Crippen molar-refractivity contribution in [2.45, 2.75) is 45.4 Å². The van der Waals surface area contributed by atoms with E-state index in [0.29, 0.717) is 18.5 Å². The first-order valence-electron chi connectivity index (χ1n) is 7.17. The predicted molar refractivity (Wildman–Crippen MR) is 74.3 cm³/mol. The lowest BCUT2D eigenvalue weighted by atomic mass is 9.80. The highest BCUT2D eigenvalue weighted by Crippen LogP contribution is 2.41. The molecule has 1 aromatic rings. The van der Waals surface area contributed by atoms with Crippen molar-refractivity contribution >= 4 is 17.4 Å². The Hall–Kier alpha value is -1.71. The van der Waals surface area contributed by atoms with Crippen molar-refractivity contribution in [2.24, 2.45) is 5.41 Å². The lowest BCUT2D eigenvalue weighted by Crippen LogP contribution is -2.26. The van der Waals surface area contributed by atoms with Gasteiger partial charge in [0.05, 0.1) is 5.56 Å². The second kappa shape index (κ2) is 4.69. The third-order valence-corrected chi connectivity index (χ3v) is 4.59. The summed E-state index contributed by atoms with van der Waals surface area (Å²) in [6.45, 7) is 1.93. The summed E-state index contributed by atoms with van der Waals surface area (Å²) in [5.41, 5.74) is 1.12. The molecule has 0 spiro atoms. The Balaban J connectivity index is 1.98. The summed E-state index contributed by atoms with van der Waals surface area (Å²) in [5.74, 6) is -0.713.